The van der Waals surface area contributed by atoms with Crippen LogP contribution in [0.25, 0.3) is 0 Å². The van der Waals surface area contributed by atoms with Crippen molar-refractivity contribution in [2.75, 3.05) is 13.1 Å². The van der Waals surface area contributed by atoms with E-state index in [0.717, 1.165) is 25.6 Å². The highest BCUT2D eigenvalue weighted by Gasteiger charge is 2.25. The third kappa shape index (κ3) is 3.32. The Hall–Kier alpha value is -1.42. The fraction of sp³-hybridized carbons (Fsp3) is 0.533. The summed E-state index contributed by atoms with van der Waals surface area (Å²) in [5.74, 6) is -0.176. The second-order valence-electron chi connectivity index (χ2n) is 5.64. The number of benzene rings is 1. The number of carboxylic acid groups (broad SMARTS) is 1. The molecule has 0 spiro atoms. The normalized spacial score (nSPS) is 20.1. The van der Waals surface area contributed by atoms with E-state index >= 15 is 0 Å². The van der Waals surface area contributed by atoms with Crippen molar-refractivity contribution in [1.29, 1.82) is 0 Å². The van der Waals surface area contributed by atoms with E-state index in [9.17, 15) is 9.18 Å². The van der Waals surface area contributed by atoms with Crippen LogP contribution in [0.4, 0.5) is 4.39 Å². The molecule has 0 saturated carbocycles. The van der Waals surface area contributed by atoms with Gasteiger partial charge in [-0.1, -0.05) is 19.9 Å². The SMILES string of the molecule is CC(C)C1CCN(Cc2ccc(C(=O)O)cc2F)C1. The molecular formula is C15H20FNO2. The Balaban J connectivity index is 2.02. The number of nitrogens with zero attached hydrogens (tertiary/aromatic N) is 1. The number of rotatable bonds is 4. The van der Waals surface area contributed by atoms with Crippen molar-refractivity contribution >= 4 is 5.97 Å². The molecule has 0 aromatic heterocycles. The van der Waals surface area contributed by atoms with Crippen molar-refractivity contribution in [3.63, 3.8) is 0 Å². The monoisotopic (exact) mass is 265 g/mol. The molecule has 3 nitrogen and oxygen atoms in total. The molecule has 1 fully saturated rings. The van der Waals surface area contributed by atoms with Gasteiger partial charge in [-0.15, -0.1) is 0 Å². The van der Waals surface area contributed by atoms with Gasteiger partial charge < -0.3 is 5.11 Å². The third-order valence-electron chi connectivity index (χ3n) is 3.95. The second-order valence-corrected chi connectivity index (χ2v) is 5.64. The highest BCUT2D eigenvalue weighted by Crippen LogP contribution is 2.25. The zero-order valence-corrected chi connectivity index (χ0v) is 11.4. The molecule has 19 heavy (non-hydrogen) atoms. The quantitative estimate of drug-likeness (QED) is 0.909. The van der Waals surface area contributed by atoms with Gasteiger partial charge >= 0.3 is 5.97 Å². The summed E-state index contributed by atoms with van der Waals surface area (Å²) in [6, 6.07) is 4.16. The Labute approximate surface area is 113 Å². The van der Waals surface area contributed by atoms with E-state index in [1.807, 2.05) is 0 Å². The molecule has 1 atom stereocenters. The molecule has 1 aliphatic heterocycles. The zero-order valence-electron chi connectivity index (χ0n) is 11.4. The fourth-order valence-corrected chi connectivity index (χ4v) is 2.60. The summed E-state index contributed by atoms with van der Waals surface area (Å²) >= 11 is 0. The number of hydrogen-bond acceptors (Lipinski definition) is 2. The van der Waals surface area contributed by atoms with Crippen molar-refractivity contribution in [3.05, 3.63) is 35.1 Å². The van der Waals surface area contributed by atoms with Crippen molar-refractivity contribution in [1.82, 2.24) is 4.90 Å². The maximum absolute atomic E-state index is 13.8. The minimum atomic E-state index is -1.09. The fourth-order valence-electron chi connectivity index (χ4n) is 2.60. The predicted molar refractivity (Wildman–Crippen MR) is 71.6 cm³/mol. The molecule has 1 aromatic carbocycles. The van der Waals surface area contributed by atoms with Crippen LogP contribution in [0.1, 0.15) is 36.2 Å². The smallest absolute Gasteiger partial charge is 0.335 e. The van der Waals surface area contributed by atoms with E-state index in [0.29, 0.717) is 23.9 Å². The van der Waals surface area contributed by atoms with E-state index in [1.54, 1.807) is 6.07 Å². The molecule has 0 amide bonds. The van der Waals surface area contributed by atoms with E-state index in [4.69, 9.17) is 5.11 Å². The Morgan fingerprint density at radius 1 is 1.53 bits per heavy atom. The van der Waals surface area contributed by atoms with E-state index in [-0.39, 0.29) is 5.56 Å². The number of hydrogen-bond donors (Lipinski definition) is 1. The minimum Gasteiger partial charge on any atom is -0.478 e. The summed E-state index contributed by atoms with van der Waals surface area (Å²) in [5.41, 5.74) is 0.581. The molecule has 2 rings (SSSR count). The first-order chi connectivity index (χ1) is 8.97. The Morgan fingerprint density at radius 3 is 2.79 bits per heavy atom. The zero-order chi connectivity index (χ0) is 14.0. The molecule has 1 saturated heterocycles. The van der Waals surface area contributed by atoms with E-state index in [1.165, 1.54) is 6.07 Å². The Bertz CT molecular complexity index is 473. The van der Waals surface area contributed by atoms with Crippen LogP contribution in [-0.2, 0) is 6.54 Å². The highest BCUT2D eigenvalue weighted by atomic mass is 19.1. The topological polar surface area (TPSA) is 40.5 Å². The lowest BCUT2D eigenvalue weighted by molar-refractivity contribution is 0.0696. The van der Waals surface area contributed by atoms with Gasteiger partial charge in [0.15, 0.2) is 0 Å². The van der Waals surface area contributed by atoms with Crippen LogP contribution in [-0.4, -0.2) is 29.1 Å². The van der Waals surface area contributed by atoms with Crippen molar-refractivity contribution < 1.29 is 14.3 Å². The number of likely N-dealkylation sites (tertiary alicyclic amines) is 1. The molecule has 1 aliphatic rings. The standard InChI is InChI=1S/C15H20FNO2/c1-10(2)12-5-6-17(8-12)9-13-4-3-11(15(18)19)7-14(13)16/h3-4,7,10,12H,5-6,8-9H2,1-2H3,(H,18,19). The van der Waals surface area contributed by atoms with Crippen LogP contribution in [0.2, 0.25) is 0 Å². The molecule has 4 heteroatoms. The molecule has 1 aromatic rings. The average Bonchev–Trinajstić information content (AvgIpc) is 2.80. The summed E-state index contributed by atoms with van der Waals surface area (Å²) in [4.78, 5) is 13.0. The number of aromatic carboxylic acids is 1. The van der Waals surface area contributed by atoms with Crippen LogP contribution in [0, 0.1) is 17.7 Å². The van der Waals surface area contributed by atoms with Gasteiger partial charge in [0.1, 0.15) is 5.82 Å². The van der Waals surface area contributed by atoms with Crippen LogP contribution in [0.5, 0.6) is 0 Å². The van der Waals surface area contributed by atoms with Gasteiger partial charge in [-0.25, -0.2) is 9.18 Å². The lowest BCUT2D eigenvalue weighted by Gasteiger charge is -2.18. The minimum absolute atomic E-state index is 0.00253. The van der Waals surface area contributed by atoms with Crippen LogP contribution in [0.15, 0.2) is 18.2 Å². The maximum atomic E-state index is 13.8. The van der Waals surface area contributed by atoms with Crippen molar-refractivity contribution in [3.8, 4) is 0 Å². The first kappa shape index (κ1) is 14.0. The molecule has 104 valence electrons. The summed E-state index contributed by atoms with van der Waals surface area (Å²) in [6.45, 7) is 6.99. The Morgan fingerprint density at radius 2 is 2.26 bits per heavy atom. The van der Waals surface area contributed by atoms with E-state index < -0.39 is 11.8 Å². The number of halogens is 1. The molecular weight excluding hydrogens is 245 g/mol. The molecule has 1 N–H and O–H groups in total. The van der Waals surface area contributed by atoms with Crippen LogP contribution < -0.4 is 0 Å². The van der Waals surface area contributed by atoms with E-state index in [2.05, 4.69) is 18.7 Å². The first-order valence-corrected chi connectivity index (χ1v) is 6.71. The maximum Gasteiger partial charge on any atom is 0.335 e. The van der Waals surface area contributed by atoms with Gasteiger partial charge in [0.2, 0.25) is 0 Å². The largest absolute Gasteiger partial charge is 0.478 e. The van der Waals surface area contributed by atoms with Gasteiger partial charge in [0.05, 0.1) is 5.56 Å². The molecule has 1 heterocycles. The van der Waals surface area contributed by atoms with Gasteiger partial charge in [-0.3, -0.25) is 4.90 Å². The molecule has 0 bridgehead atoms. The molecule has 1 unspecified atom stereocenters. The summed E-state index contributed by atoms with van der Waals surface area (Å²) in [7, 11) is 0. The third-order valence-corrected chi connectivity index (χ3v) is 3.95. The lowest BCUT2D eigenvalue weighted by atomic mass is 9.95. The summed E-state index contributed by atoms with van der Waals surface area (Å²) < 4.78 is 13.8. The summed E-state index contributed by atoms with van der Waals surface area (Å²) in [6.07, 6.45) is 1.16. The highest BCUT2D eigenvalue weighted by molar-refractivity contribution is 5.87. The van der Waals surface area contributed by atoms with Gasteiger partial charge in [0.25, 0.3) is 0 Å². The van der Waals surface area contributed by atoms with Gasteiger partial charge in [0, 0.05) is 18.7 Å². The second kappa shape index (κ2) is 5.70. The predicted octanol–water partition coefficient (Wildman–Crippen LogP) is 3.00. The van der Waals surface area contributed by atoms with Crippen LogP contribution >= 0.6 is 0 Å². The van der Waals surface area contributed by atoms with Crippen molar-refractivity contribution in [2.24, 2.45) is 11.8 Å². The van der Waals surface area contributed by atoms with Gasteiger partial charge in [-0.05, 0) is 36.9 Å². The molecule has 0 radical (unpaired) electrons. The molecule has 0 aliphatic carbocycles. The lowest BCUT2D eigenvalue weighted by Crippen LogP contribution is -2.22. The van der Waals surface area contributed by atoms with Crippen molar-refractivity contribution in [2.45, 2.75) is 26.8 Å². The summed E-state index contributed by atoms with van der Waals surface area (Å²) in [5, 5.41) is 8.80. The average molecular weight is 265 g/mol. The number of carboxylic acids is 1. The Kier molecular flexibility index (Phi) is 4.20. The van der Waals surface area contributed by atoms with Crippen LogP contribution in [0.3, 0.4) is 0 Å². The van der Waals surface area contributed by atoms with Gasteiger partial charge in [-0.2, -0.15) is 0 Å². The first-order valence-electron chi connectivity index (χ1n) is 6.71. The number of carbonyl (C=O) groups is 1.